The van der Waals surface area contributed by atoms with E-state index in [0.717, 1.165) is 42.3 Å². The zero-order valence-electron chi connectivity index (χ0n) is 14.5. The van der Waals surface area contributed by atoms with E-state index < -0.39 is 0 Å². The summed E-state index contributed by atoms with van der Waals surface area (Å²) < 4.78 is 7.05. The molecule has 0 aliphatic carbocycles. The molecular weight excluding hydrogens is 304 g/mol. The van der Waals surface area contributed by atoms with Crippen molar-refractivity contribution in [3.63, 3.8) is 0 Å². The second-order valence-electron chi connectivity index (χ2n) is 6.35. The zero-order valence-corrected chi connectivity index (χ0v) is 14.5. The Bertz CT molecular complexity index is 726. The third kappa shape index (κ3) is 3.48. The molecule has 3 rings (SSSR count). The number of aromatic nitrogens is 3. The molecule has 24 heavy (non-hydrogen) atoms. The number of carbonyl (C=O) groups excluding carboxylic acids is 1. The van der Waals surface area contributed by atoms with Crippen molar-refractivity contribution in [2.24, 2.45) is 0 Å². The molecule has 0 radical (unpaired) electrons. The molecule has 3 heterocycles. The summed E-state index contributed by atoms with van der Waals surface area (Å²) >= 11 is 0. The van der Waals surface area contributed by atoms with Crippen LogP contribution >= 0.6 is 0 Å². The first-order valence-corrected chi connectivity index (χ1v) is 8.34. The Kier molecular flexibility index (Phi) is 4.94. The Balaban J connectivity index is 1.81. The first kappa shape index (κ1) is 16.6. The first-order valence-electron chi connectivity index (χ1n) is 8.34. The Morgan fingerprint density at radius 1 is 1.42 bits per heavy atom. The van der Waals surface area contributed by atoms with Crippen LogP contribution in [0, 0.1) is 13.8 Å². The summed E-state index contributed by atoms with van der Waals surface area (Å²) in [5, 5.41) is 0. The highest BCUT2D eigenvalue weighted by Crippen LogP contribution is 2.27. The van der Waals surface area contributed by atoms with Crippen LogP contribution in [0.25, 0.3) is 5.69 Å². The largest absolute Gasteiger partial charge is 0.375 e. The molecule has 2 aromatic heterocycles. The standard InChI is InChI=1S/C18H24N4O2/c1-13-10-22(14(2)20-13)16-6-7-19-17(9-16)15-5-4-8-21(11-15)18(23)12-24-3/h6-7,9-10,15H,4-5,8,11-12H2,1-3H3/t15-/m0/s1. The summed E-state index contributed by atoms with van der Waals surface area (Å²) in [5.74, 6) is 1.29. The summed E-state index contributed by atoms with van der Waals surface area (Å²) in [7, 11) is 1.56. The number of nitrogens with zero attached hydrogens (tertiary/aromatic N) is 4. The van der Waals surface area contributed by atoms with Gasteiger partial charge in [-0.15, -0.1) is 0 Å². The van der Waals surface area contributed by atoms with Crippen molar-refractivity contribution in [2.45, 2.75) is 32.6 Å². The van der Waals surface area contributed by atoms with Crippen molar-refractivity contribution < 1.29 is 9.53 Å². The smallest absolute Gasteiger partial charge is 0.248 e. The lowest BCUT2D eigenvalue weighted by Gasteiger charge is -2.32. The predicted octanol–water partition coefficient (Wildman–Crippen LogP) is 2.24. The molecule has 0 spiro atoms. The van der Waals surface area contributed by atoms with Crippen molar-refractivity contribution in [2.75, 3.05) is 26.8 Å². The molecule has 6 nitrogen and oxygen atoms in total. The molecule has 2 aromatic rings. The molecule has 1 fully saturated rings. The van der Waals surface area contributed by atoms with Crippen LogP contribution in [0.2, 0.25) is 0 Å². The van der Waals surface area contributed by atoms with Gasteiger partial charge in [0.1, 0.15) is 12.4 Å². The van der Waals surface area contributed by atoms with Gasteiger partial charge in [-0.2, -0.15) is 0 Å². The number of imidazole rings is 1. The number of piperidine rings is 1. The van der Waals surface area contributed by atoms with E-state index in [1.54, 1.807) is 7.11 Å². The lowest BCUT2D eigenvalue weighted by Crippen LogP contribution is -2.41. The van der Waals surface area contributed by atoms with E-state index in [4.69, 9.17) is 4.74 Å². The van der Waals surface area contributed by atoms with Crippen LogP contribution in [0.3, 0.4) is 0 Å². The van der Waals surface area contributed by atoms with E-state index in [9.17, 15) is 4.79 Å². The third-order valence-electron chi connectivity index (χ3n) is 4.51. The van der Waals surface area contributed by atoms with Gasteiger partial charge < -0.3 is 14.2 Å². The van der Waals surface area contributed by atoms with Gasteiger partial charge in [0.15, 0.2) is 0 Å². The number of likely N-dealkylation sites (tertiary alicyclic amines) is 1. The summed E-state index contributed by atoms with van der Waals surface area (Å²) in [6, 6.07) is 4.11. The van der Waals surface area contributed by atoms with Crippen molar-refractivity contribution in [1.29, 1.82) is 0 Å². The van der Waals surface area contributed by atoms with Crippen LogP contribution in [-0.2, 0) is 9.53 Å². The zero-order chi connectivity index (χ0) is 17.1. The van der Waals surface area contributed by atoms with Gasteiger partial charge in [0, 0.05) is 44.2 Å². The fourth-order valence-corrected chi connectivity index (χ4v) is 3.35. The highest BCUT2D eigenvalue weighted by molar-refractivity contribution is 5.77. The number of hydrogen-bond acceptors (Lipinski definition) is 4. The van der Waals surface area contributed by atoms with Crippen molar-refractivity contribution >= 4 is 5.91 Å². The number of carbonyl (C=O) groups is 1. The van der Waals surface area contributed by atoms with Crippen LogP contribution < -0.4 is 0 Å². The highest BCUT2D eigenvalue weighted by atomic mass is 16.5. The van der Waals surface area contributed by atoms with Gasteiger partial charge in [-0.3, -0.25) is 9.78 Å². The van der Waals surface area contributed by atoms with E-state index >= 15 is 0 Å². The van der Waals surface area contributed by atoms with E-state index in [-0.39, 0.29) is 18.4 Å². The minimum atomic E-state index is 0.0550. The van der Waals surface area contributed by atoms with Crippen LogP contribution in [0.5, 0.6) is 0 Å². The SMILES string of the molecule is COCC(=O)N1CCC[C@H](c2cc(-n3cc(C)nc3C)ccn2)C1. The lowest BCUT2D eigenvalue weighted by atomic mass is 9.94. The Morgan fingerprint density at radius 3 is 2.96 bits per heavy atom. The maximum atomic E-state index is 12.1. The normalized spacial score (nSPS) is 18.0. The van der Waals surface area contributed by atoms with Crippen LogP contribution in [0.1, 0.15) is 36.0 Å². The molecule has 6 heteroatoms. The molecule has 1 amide bonds. The van der Waals surface area contributed by atoms with E-state index in [2.05, 4.69) is 20.6 Å². The first-order chi connectivity index (χ1) is 11.6. The minimum Gasteiger partial charge on any atom is -0.375 e. The number of rotatable bonds is 4. The Hall–Kier alpha value is -2.21. The molecule has 0 aromatic carbocycles. The molecule has 0 saturated carbocycles. The lowest BCUT2D eigenvalue weighted by molar-refractivity contribution is -0.136. The average Bonchev–Trinajstić information content (AvgIpc) is 2.94. The van der Waals surface area contributed by atoms with Crippen molar-refractivity contribution in [1.82, 2.24) is 19.4 Å². The Morgan fingerprint density at radius 2 is 2.25 bits per heavy atom. The topological polar surface area (TPSA) is 60.2 Å². The van der Waals surface area contributed by atoms with E-state index in [1.807, 2.05) is 37.2 Å². The van der Waals surface area contributed by atoms with Crippen LogP contribution in [0.4, 0.5) is 0 Å². The van der Waals surface area contributed by atoms with Crippen LogP contribution in [-0.4, -0.2) is 52.1 Å². The fourth-order valence-electron chi connectivity index (χ4n) is 3.35. The number of amides is 1. The molecule has 1 saturated heterocycles. The Labute approximate surface area is 142 Å². The number of hydrogen-bond donors (Lipinski definition) is 0. The number of methoxy groups -OCH3 is 1. The summed E-state index contributed by atoms with van der Waals surface area (Å²) in [4.78, 5) is 23.0. The van der Waals surface area contributed by atoms with Gasteiger partial charge in [-0.1, -0.05) is 0 Å². The molecule has 1 atom stereocenters. The molecule has 1 aliphatic rings. The summed E-state index contributed by atoms with van der Waals surface area (Å²) in [6.07, 6.45) is 5.92. The average molecular weight is 328 g/mol. The highest BCUT2D eigenvalue weighted by Gasteiger charge is 2.25. The van der Waals surface area contributed by atoms with Crippen molar-refractivity contribution in [3.05, 3.63) is 41.7 Å². The third-order valence-corrected chi connectivity index (χ3v) is 4.51. The van der Waals surface area contributed by atoms with Gasteiger partial charge in [-0.05, 0) is 38.8 Å². The molecule has 0 unspecified atom stereocenters. The molecule has 128 valence electrons. The minimum absolute atomic E-state index is 0.0550. The molecule has 0 bridgehead atoms. The van der Waals surface area contributed by atoms with Gasteiger partial charge in [0.2, 0.25) is 5.91 Å². The predicted molar refractivity (Wildman–Crippen MR) is 91.3 cm³/mol. The quantitative estimate of drug-likeness (QED) is 0.863. The van der Waals surface area contributed by atoms with Gasteiger partial charge in [0.25, 0.3) is 0 Å². The molecule has 1 aliphatic heterocycles. The molecular formula is C18H24N4O2. The van der Waals surface area contributed by atoms with E-state index in [0.29, 0.717) is 6.54 Å². The summed E-state index contributed by atoms with van der Waals surface area (Å²) in [6.45, 7) is 5.65. The monoisotopic (exact) mass is 328 g/mol. The maximum Gasteiger partial charge on any atom is 0.248 e. The number of pyridine rings is 1. The molecule has 0 N–H and O–H groups in total. The summed E-state index contributed by atoms with van der Waals surface area (Å²) in [5.41, 5.74) is 3.10. The van der Waals surface area contributed by atoms with E-state index in [1.165, 1.54) is 0 Å². The van der Waals surface area contributed by atoms with Gasteiger partial charge >= 0.3 is 0 Å². The van der Waals surface area contributed by atoms with Gasteiger partial charge in [-0.25, -0.2) is 4.98 Å². The van der Waals surface area contributed by atoms with Crippen LogP contribution in [0.15, 0.2) is 24.5 Å². The van der Waals surface area contributed by atoms with Gasteiger partial charge in [0.05, 0.1) is 11.4 Å². The maximum absolute atomic E-state index is 12.1. The number of ether oxygens (including phenoxy) is 1. The number of aryl methyl sites for hydroxylation is 2. The fraction of sp³-hybridized carbons (Fsp3) is 0.500. The van der Waals surface area contributed by atoms with Crippen molar-refractivity contribution in [3.8, 4) is 5.69 Å². The second kappa shape index (κ2) is 7.13. The second-order valence-corrected chi connectivity index (χ2v) is 6.35.